The van der Waals surface area contributed by atoms with Crippen molar-refractivity contribution in [3.63, 3.8) is 0 Å². The molecule has 4 heteroatoms. The summed E-state index contributed by atoms with van der Waals surface area (Å²) in [6, 6.07) is 5.00. The van der Waals surface area contributed by atoms with Crippen molar-refractivity contribution in [2.75, 3.05) is 38.1 Å². The SMILES string of the molecule is CCNCc1ccc(N(C)CC2CCCN2CC)nc1. The Morgan fingerprint density at radius 3 is 2.90 bits per heavy atom. The Morgan fingerprint density at radius 2 is 2.25 bits per heavy atom. The highest BCUT2D eigenvalue weighted by Gasteiger charge is 2.24. The Balaban J connectivity index is 1.90. The van der Waals surface area contributed by atoms with Crippen molar-refractivity contribution < 1.29 is 0 Å². The molecule has 1 aromatic heterocycles. The second-order valence-electron chi connectivity index (χ2n) is 5.61. The zero-order chi connectivity index (χ0) is 14.4. The Hall–Kier alpha value is -1.13. The van der Waals surface area contributed by atoms with Gasteiger partial charge in [0, 0.05) is 32.4 Å². The number of aromatic nitrogens is 1. The highest BCUT2D eigenvalue weighted by atomic mass is 15.2. The molecule has 1 atom stereocenters. The van der Waals surface area contributed by atoms with Gasteiger partial charge in [-0.1, -0.05) is 19.9 Å². The van der Waals surface area contributed by atoms with Crippen LogP contribution in [0.5, 0.6) is 0 Å². The van der Waals surface area contributed by atoms with Gasteiger partial charge in [-0.3, -0.25) is 4.90 Å². The fourth-order valence-electron chi connectivity index (χ4n) is 2.94. The van der Waals surface area contributed by atoms with Gasteiger partial charge in [-0.05, 0) is 44.1 Å². The summed E-state index contributed by atoms with van der Waals surface area (Å²) in [7, 11) is 2.15. The van der Waals surface area contributed by atoms with Crippen LogP contribution in [-0.2, 0) is 6.54 Å². The molecule has 1 aliphatic heterocycles. The first-order valence-corrected chi connectivity index (χ1v) is 7.85. The van der Waals surface area contributed by atoms with Gasteiger partial charge in [0.1, 0.15) is 5.82 Å². The quantitative estimate of drug-likeness (QED) is 0.826. The average Bonchev–Trinajstić information content (AvgIpc) is 2.92. The Kier molecular flexibility index (Phi) is 5.80. The summed E-state index contributed by atoms with van der Waals surface area (Å²) in [5.41, 5.74) is 1.25. The summed E-state index contributed by atoms with van der Waals surface area (Å²) in [6.07, 6.45) is 4.64. The molecule has 0 bridgehead atoms. The lowest BCUT2D eigenvalue weighted by Crippen LogP contribution is -2.39. The van der Waals surface area contributed by atoms with E-state index in [1.54, 1.807) is 0 Å². The molecule has 1 saturated heterocycles. The van der Waals surface area contributed by atoms with Crippen molar-refractivity contribution in [1.29, 1.82) is 0 Å². The van der Waals surface area contributed by atoms with Gasteiger partial charge in [0.25, 0.3) is 0 Å². The molecule has 20 heavy (non-hydrogen) atoms. The predicted octanol–water partition coefficient (Wildman–Crippen LogP) is 2.11. The normalized spacial score (nSPS) is 19.4. The maximum absolute atomic E-state index is 4.59. The molecule has 2 rings (SSSR count). The summed E-state index contributed by atoms with van der Waals surface area (Å²) < 4.78 is 0. The lowest BCUT2D eigenvalue weighted by atomic mass is 10.2. The highest BCUT2D eigenvalue weighted by molar-refractivity contribution is 5.38. The molecule has 0 amide bonds. The van der Waals surface area contributed by atoms with Crippen LogP contribution in [-0.4, -0.2) is 49.2 Å². The first-order valence-electron chi connectivity index (χ1n) is 7.85. The van der Waals surface area contributed by atoms with Gasteiger partial charge in [-0.2, -0.15) is 0 Å². The Bertz CT molecular complexity index is 390. The molecule has 112 valence electrons. The van der Waals surface area contributed by atoms with Crippen LogP contribution in [0.25, 0.3) is 0 Å². The zero-order valence-corrected chi connectivity index (χ0v) is 13.1. The van der Waals surface area contributed by atoms with E-state index in [0.717, 1.165) is 32.0 Å². The summed E-state index contributed by atoms with van der Waals surface area (Å²) in [4.78, 5) is 9.46. The van der Waals surface area contributed by atoms with Crippen LogP contribution in [0.15, 0.2) is 18.3 Å². The largest absolute Gasteiger partial charge is 0.358 e. The summed E-state index contributed by atoms with van der Waals surface area (Å²) in [6.45, 7) is 9.77. The third-order valence-corrected chi connectivity index (χ3v) is 4.17. The number of hydrogen-bond acceptors (Lipinski definition) is 4. The van der Waals surface area contributed by atoms with Gasteiger partial charge in [0.15, 0.2) is 0 Å². The molecule has 0 radical (unpaired) electrons. The first kappa shape index (κ1) is 15.3. The van der Waals surface area contributed by atoms with Crippen molar-refractivity contribution in [2.45, 2.75) is 39.3 Å². The molecule has 0 spiro atoms. The lowest BCUT2D eigenvalue weighted by molar-refractivity contribution is 0.270. The minimum absolute atomic E-state index is 0.688. The predicted molar refractivity (Wildman–Crippen MR) is 85.2 cm³/mol. The van der Waals surface area contributed by atoms with Gasteiger partial charge >= 0.3 is 0 Å². The zero-order valence-electron chi connectivity index (χ0n) is 13.1. The molecule has 1 aliphatic rings. The van der Waals surface area contributed by atoms with E-state index in [1.165, 1.54) is 24.9 Å². The van der Waals surface area contributed by atoms with Crippen molar-refractivity contribution in [3.8, 4) is 0 Å². The maximum atomic E-state index is 4.59. The number of likely N-dealkylation sites (N-methyl/N-ethyl adjacent to an activating group) is 2. The summed E-state index contributed by atoms with van der Waals surface area (Å²) in [5, 5.41) is 3.33. The first-order chi connectivity index (χ1) is 9.74. The standard InChI is InChI=1S/C16H28N4/c1-4-17-11-14-8-9-16(18-12-14)19(3)13-15-7-6-10-20(15)5-2/h8-9,12,15,17H,4-7,10-11,13H2,1-3H3. The molecule has 1 N–H and O–H groups in total. The van der Waals surface area contributed by atoms with Crippen LogP contribution in [0.1, 0.15) is 32.3 Å². The Labute approximate surface area is 123 Å². The molecular weight excluding hydrogens is 248 g/mol. The second kappa shape index (κ2) is 7.60. The Morgan fingerprint density at radius 1 is 1.40 bits per heavy atom. The van der Waals surface area contributed by atoms with E-state index in [0.29, 0.717) is 6.04 Å². The number of hydrogen-bond donors (Lipinski definition) is 1. The van der Waals surface area contributed by atoms with Crippen molar-refractivity contribution in [3.05, 3.63) is 23.9 Å². The molecule has 4 nitrogen and oxygen atoms in total. The highest BCUT2D eigenvalue weighted by Crippen LogP contribution is 2.19. The molecule has 2 heterocycles. The summed E-state index contributed by atoms with van der Waals surface area (Å²) >= 11 is 0. The van der Waals surface area contributed by atoms with Crippen molar-refractivity contribution in [1.82, 2.24) is 15.2 Å². The smallest absolute Gasteiger partial charge is 0.128 e. The number of anilines is 1. The fourth-order valence-corrected chi connectivity index (χ4v) is 2.94. The third kappa shape index (κ3) is 3.93. The van der Waals surface area contributed by atoms with Crippen LogP contribution in [0.4, 0.5) is 5.82 Å². The third-order valence-electron chi connectivity index (χ3n) is 4.17. The van der Waals surface area contributed by atoms with Crippen molar-refractivity contribution in [2.24, 2.45) is 0 Å². The monoisotopic (exact) mass is 276 g/mol. The van der Waals surface area contributed by atoms with Gasteiger partial charge in [-0.15, -0.1) is 0 Å². The van der Waals surface area contributed by atoms with E-state index in [2.05, 4.69) is 53.1 Å². The van der Waals surface area contributed by atoms with Gasteiger partial charge in [0.2, 0.25) is 0 Å². The molecule has 0 saturated carbocycles. The molecule has 1 fully saturated rings. The number of rotatable bonds is 7. The topological polar surface area (TPSA) is 31.4 Å². The van der Waals surface area contributed by atoms with Crippen molar-refractivity contribution >= 4 is 5.82 Å². The van der Waals surface area contributed by atoms with Crippen LogP contribution < -0.4 is 10.2 Å². The molecule has 0 aromatic carbocycles. The second-order valence-corrected chi connectivity index (χ2v) is 5.61. The fraction of sp³-hybridized carbons (Fsp3) is 0.688. The minimum Gasteiger partial charge on any atom is -0.358 e. The minimum atomic E-state index is 0.688. The molecular formula is C16H28N4. The molecule has 0 aliphatic carbocycles. The van der Waals surface area contributed by atoms with E-state index in [4.69, 9.17) is 0 Å². The van der Waals surface area contributed by atoms with Gasteiger partial charge < -0.3 is 10.2 Å². The van der Waals surface area contributed by atoms with Gasteiger partial charge in [0.05, 0.1) is 0 Å². The number of nitrogens with one attached hydrogen (secondary N) is 1. The van der Waals surface area contributed by atoms with Crippen LogP contribution in [0.3, 0.4) is 0 Å². The van der Waals surface area contributed by atoms with Crippen LogP contribution in [0.2, 0.25) is 0 Å². The lowest BCUT2D eigenvalue weighted by Gasteiger charge is -2.28. The van der Waals surface area contributed by atoms with E-state index in [1.807, 2.05) is 6.20 Å². The molecule has 1 aromatic rings. The van der Waals surface area contributed by atoms with E-state index >= 15 is 0 Å². The number of nitrogens with zero attached hydrogens (tertiary/aromatic N) is 3. The van der Waals surface area contributed by atoms with Crippen LogP contribution in [0, 0.1) is 0 Å². The van der Waals surface area contributed by atoms with E-state index in [9.17, 15) is 0 Å². The number of likely N-dealkylation sites (tertiary alicyclic amines) is 1. The van der Waals surface area contributed by atoms with Gasteiger partial charge in [-0.25, -0.2) is 4.98 Å². The van der Waals surface area contributed by atoms with Crippen LogP contribution >= 0.6 is 0 Å². The molecule has 1 unspecified atom stereocenters. The maximum Gasteiger partial charge on any atom is 0.128 e. The summed E-state index contributed by atoms with van der Waals surface area (Å²) in [5.74, 6) is 1.08. The average molecular weight is 276 g/mol. The number of pyridine rings is 1. The van der Waals surface area contributed by atoms with E-state index in [-0.39, 0.29) is 0 Å². The van der Waals surface area contributed by atoms with E-state index < -0.39 is 0 Å².